The van der Waals surface area contributed by atoms with E-state index in [1.165, 1.54) is 25.3 Å². The molecular weight excluding hydrogens is 314 g/mol. The molecule has 0 aliphatic carbocycles. The molecule has 1 atom stereocenters. The number of oxazole rings is 2. The minimum atomic E-state index is -0.241. The molecule has 0 spiro atoms. The zero-order valence-corrected chi connectivity index (χ0v) is 13.3. The molecule has 0 saturated carbocycles. The maximum absolute atomic E-state index is 12.5. The summed E-state index contributed by atoms with van der Waals surface area (Å²) in [6, 6.07) is -0.241. The second kappa shape index (κ2) is 7.62. The van der Waals surface area contributed by atoms with Crippen LogP contribution in [0.3, 0.4) is 0 Å². The monoisotopic (exact) mass is 333 g/mol. The van der Waals surface area contributed by atoms with E-state index in [0.29, 0.717) is 31.0 Å². The lowest BCUT2D eigenvalue weighted by molar-refractivity contribution is 0.0844. The van der Waals surface area contributed by atoms with E-state index < -0.39 is 0 Å². The van der Waals surface area contributed by atoms with Crippen molar-refractivity contribution in [3.05, 3.63) is 36.7 Å². The second-order valence-electron chi connectivity index (χ2n) is 5.44. The largest absolute Gasteiger partial charge is 0.451 e. The highest BCUT2D eigenvalue weighted by molar-refractivity contribution is 5.85. The molecule has 0 saturated heterocycles. The third-order valence-electron chi connectivity index (χ3n) is 3.64. The molecule has 9 heteroatoms. The summed E-state index contributed by atoms with van der Waals surface area (Å²) in [6.07, 6.45) is 7.15. The molecule has 0 aromatic carbocycles. The van der Waals surface area contributed by atoms with Gasteiger partial charge in [0.2, 0.25) is 0 Å². The molecule has 128 valence electrons. The Bertz CT molecular complexity index is 632. The molecule has 0 unspecified atom stereocenters. The average molecular weight is 333 g/mol. The summed E-state index contributed by atoms with van der Waals surface area (Å²) in [5.74, 6) is 0. The van der Waals surface area contributed by atoms with Gasteiger partial charge in [0.05, 0.1) is 36.7 Å². The first kappa shape index (κ1) is 16.0. The van der Waals surface area contributed by atoms with Crippen molar-refractivity contribution in [1.29, 1.82) is 0 Å². The fourth-order valence-corrected chi connectivity index (χ4v) is 2.34. The molecule has 24 heavy (non-hydrogen) atoms. The number of nitrogens with zero attached hydrogens (tertiary/aromatic N) is 4. The van der Waals surface area contributed by atoms with Crippen molar-refractivity contribution in [2.75, 3.05) is 6.54 Å². The van der Waals surface area contributed by atoms with Gasteiger partial charge in [0.15, 0.2) is 12.8 Å². The van der Waals surface area contributed by atoms with E-state index in [2.05, 4.69) is 20.4 Å². The third kappa shape index (κ3) is 4.12. The van der Waals surface area contributed by atoms with Gasteiger partial charge in [-0.05, 0) is 6.42 Å². The number of nitrogens with one attached hydrogen (secondary N) is 1. The van der Waals surface area contributed by atoms with Gasteiger partial charge < -0.3 is 23.9 Å². The van der Waals surface area contributed by atoms with Crippen LogP contribution in [-0.2, 0) is 17.9 Å². The Morgan fingerprint density at radius 2 is 1.92 bits per heavy atom. The number of carbonyl (C=O) groups is 1. The SMILES string of the molecule is CCC1=NO[C@@H](CNC(=O)N(Cc2cocn2)Cc2cocn2)C1. The Morgan fingerprint density at radius 3 is 2.42 bits per heavy atom. The Morgan fingerprint density at radius 1 is 1.25 bits per heavy atom. The second-order valence-corrected chi connectivity index (χ2v) is 5.44. The Labute approximate surface area is 138 Å². The molecule has 2 aromatic heterocycles. The normalized spacial score (nSPS) is 16.5. The molecule has 0 radical (unpaired) electrons. The third-order valence-corrected chi connectivity index (χ3v) is 3.64. The van der Waals surface area contributed by atoms with Crippen LogP contribution in [0, 0.1) is 0 Å². The molecule has 1 aliphatic rings. The summed E-state index contributed by atoms with van der Waals surface area (Å²) >= 11 is 0. The van der Waals surface area contributed by atoms with Crippen LogP contribution in [0.2, 0.25) is 0 Å². The summed E-state index contributed by atoms with van der Waals surface area (Å²) in [5, 5.41) is 6.85. The van der Waals surface area contributed by atoms with Gasteiger partial charge >= 0.3 is 6.03 Å². The van der Waals surface area contributed by atoms with Crippen molar-refractivity contribution >= 4 is 11.7 Å². The van der Waals surface area contributed by atoms with Crippen molar-refractivity contribution < 1.29 is 18.5 Å². The fourth-order valence-electron chi connectivity index (χ4n) is 2.34. The van der Waals surface area contributed by atoms with Gasteiger partial charge in [0.1, 0.15) is 18.6 Å². The highest BCUT2D eigenvalue weighted by Gasteiger charge is 2.22. The van der Waals surface area contributed by atoms with Crippen LogP contribution in [0.4, 0.5) is 4.79 Å². The highest BCUT2D eigenvalue weighted by Crippen LogP contribution is 2.12. The van der Waals surface area contributed by atoms with Gasteiger partial charge in [-0.2, -0.15) is 0 Å². The Balaban J connectivity index is 1.56. The van der Waals surface area contributed by atoms with Crippen LogP contribution >= 0.6 is 0 Å². The number of rotatable bonds is 7. The molecule has 2 aromatic rings. The number of carbonyl (C=O) groups excluding carboxylic acids is 1. The highest BCUT2D eigenvalue weighted by atomic mass is 16.6. The Hall–Kier alpha value is -2.84. The number of amides is 2. The zero-order valence-electron chi connectivity index (χ0n) is 13.3. The van der Waals surface area contributed by atoms with E-state index in [-0.39, 0.29) is 12.1 Å². The number of hydrogen-bond acceptors (Lipinski definition) is 7. The van der Waals surface area contributed by atoms with E-state index in [1.807, 2.05) is 6.92 Å². The summed E-state index contributed by atoms with van der Waals surface area (Å²) in [4.78, 5) is 27.5. The first-order valence-corrected chi connectivity index (χ1v) is 7.73. The minimum Gasteiger partial charge on any atom is -0.451 e. The maximum atomic E-state index is 12.5. The van der Waals surface area contributed by atoms with Crippen LogP contribution in [0.15, 0.2) is 39.3 Å². The lowest BCUT2D eigenvalue weighted by Crippen LogP contribution is -2.42. The van der Waals surface area contributed by atoms with E-state index in [4.69, 9.17) is 13.7 Å². The van der Waals surface area contributed by atoms with Crippen molar-refractivity contribution in [2.24, 2.45) is 5.16 Å². The number of urea groups is 1. The fraction of sp³-hybridized carbons (Fsp3) is 0.467. The van der Waals surface area contributed by atoms with E-state index >= 15 is 0 Å². The van der Waals surface area contributed by atoms with Gasteiger partial charge in [-0.15, -0.1) is 0 Å². The molecule has 1 aliphatic heterocycles. The molecule has 3 heterocycles. The summed E-state index contributed by atoms with van der Waals surface area (Å²) in [7, 11) is 0. The number of hydrogen-bond donors (Lipinski definition) is 1. The molecular formula is C15H19N5O4. The molecule has 0 bridgehead atoms. The average Bonchev–Trinajstić information content (AvgIpc) is 3.34. The van der Waals surface area contributed by atoms with E-state index in [0.717, 1.165) is 18.6 Å². The first-order valence-electron chi connectivity index (χ1n) is 7.73. The lowest BCUT2D eigenvalue weighted by Gasteiger charge is -2.21. The van der Waals surface area contributed by atoms with Gasteiger partial charge in [-0.25, -0.2) is 14.8 Å². The molecule has 3 rings (SSSR count). The molecule has 0 fully saturated rings. The summed E-state index contributed by atoms with van der Waals surface area (Å²) < 4.78 is 9.91. The van der Waals surface area contributed by atoms with Crippen LogP contribution in [0.1, 0.15) is 31.2 Å². The summed E-state index contributed by atoms with van der Waals surface area (Å²) in [6.45, 7) is 3.02. The summed E-state index contributed by atoms with van der Waals surface area (Å²) in [5.41, 5.74) is 2.32. The first-order chi connectivity index (χ1) is 11.7. The quantitative estimate of drug-likeness (QED) is 0.830. The van der Waals surface area contributed by atoms with Crippen molar-refractivity contribution in [1.82, 2.24) is 20.2 Å². The molecule has 1 N–H and O–H groups in total. The molecule has 2 amide bonds. The van der Waals surface area contributed by atoms with Crippen LogP contribution in [-0.4, -0.2) is 39.3 Å². The topological polar surface area (TPSA) is 106 Å². The van der Waals surface area contributed by atoms with E-state index in [1.54, 1.807) is 4.90 Å². The van der Waals surface area contributed by atoms with Gasteiger partial charge in [-0.3, -0.25) is 0 Å². The Kier molecular flexibility index (Phi) is 5.09. The maximum Gasteiger partial charge on any atom is 0.318 e. The predicted molar refractivity (Wildman–Crippen MR) is 82.9 cm³/mol. The predicted octanol–water partition coefficient (Wildman–Crippen LogP) is 1.93. The van der Waals surface area contributed by atoms with Crippen molar-refractivity contribution in [3.63, 3.8) is 0 Å². The standard InChI is InChI=1S/C15H19N5O4/c1-2-11-3-14(24-19-11)4-16-15(21)20(5-12-7-22-9-17-12)6-13-8-23-10-18-13/h7-10,14H,2-6H2,1H3,(H,16,21)/t14-/m1/s1. The molecule has 9 nitrogen and oxygen atoms in total. The van der Waals surface area contributed by atoms with E-state index in [9.17, 15) is 4.79 Å². The lowest BCUT2D eigenvalue weighted by atomic mass is 10.1. The van der Waals surface area contributed by atoms with Gasteiger partial charge in [-0.1, -0.05) is 12.1 Å². The van der Waals surface area contributed by atoms with Gasteiger partial charge in [0.25, 0.3) is 0 Å². The minimum absolute atomic E-state index is 0.121. The number of aromatic nitrogens is 2. The van der Waals surface area contributed by atoms with Crippen LogP contribution in [0.5, 0.6) is 0 Å². The van der Waals surface area contributed by atoms with Crippen molar-refractivity contribution in [3.8, 4) is 0 Å². The smallest absolute Gasteiger partial charge is 0.318 e. The van der Waals surface area contributed by atoms with Gasteiger partial charge in [0, 0.05) is 6.42 Å². The number of oxime groups is 1. The van der Waals surface area contributed by atoms with Crippen LogP contribution < -0.4 is 5.32 Å². The zero-order chi connectivity index (χ0) is 16.8. The van der Waals surface area contributed by atoms with Crippen LogP contribution in [0.25, 0.3) is 0 Å². The van der Waals surface area contributed by atoms with Crippen molar-refractivity contribution in [2.45, 2.75) is 39.0 Å².